The smallest absolute Gasteiger partial charge is 0.417 e. The molecule has 0 radical (unpaired) electrons. The summed E-state index contributed by atoms with van der Waals surface area (Å²) >= 11 is 0. The Labute approximate surface area is 189 Å². The van der Waals surface area contributed by atoms with E-state index >= 15 is 0 Å². The summed E-state index contributed by atoms with van der Waals surface area (Å²) in [7, 11) is 1.67. The Hall–Kier alpha value is -2.12. The number of nitrogens with zero attached hydrogens (tertiary/aromatic N) is 5. The first-order chi connectivity index (χ1) is 13.9. The zero-order valence-corrected chi connectivity index (χ0v) is 19.1. The number of hydrogen-bond acceptors (Lipinski definition) is 5. The topological polar surface area (TPSA) is 89.2 Å². The van der Waals surface area contributed by atoms with Crippen molar-refractivity contribution in [3.8, 4) is 5.88 Å². The zero-order valence-electron chi connectivity index (χ0n) is 16.7. The molecule has 0 fully saturated rings. The van der Waals surface area contributed by atoms with Crippen molar-refractivity contribution in [1.29, 1.82) is 0 Å². The van der Waals surface area contributed by atoms with Gasteiger partial charge in [0.25, 0.3) is 0 Å². The zero-order chi connectivity index (χ0) is 20.9. The van der Waals surface area contributed by atoms with Crippen LogP contribution < -0.4 is 15.4 Å². The SMILES string of the molecule is CCc1nc2n(n1)CC(NC(=NC)NCCOc1ccc(C(F)(F)F)cn1)CC2.I. The van der Waals surface area contributed by atoms with Gasteiger partial charge in [0.05, 0.1) is 18.7 Å². The first-order valence-electron chi connectivity index (χ1n) is 9.45. The molecule has 1 aliphatic rings. The van der Waals surface area contributed by atoms with Crippen LogP contribution in [0.3, 0.4) is 0 Å². The van der Waals surface area contributed by atoms with Crippen LogP contribution in [0.25, 0.3) is 0 Å². The molecule has 1 unspecified atom stereocenters. The molecule has 0 amide bonds. The number of aliphatic imine (C=N–C) groups is 1. The Kier molecular flexibility index (Phi) is 8.67. The molecule has 0 saturated carbocycles. The van der Waals surface area contributed by atoms with Crippen molar-refractivity contribution in [2.45, 2.75) is 44.9 Å². The van der Waals surface area contributed by atoms with Crippen LogP contribution in [-0.4, -0.2) is 51.9 Å². The Morgan fingerprint density at radius 1 is 1.37 bits per heavy atom. The van der Waals surface area contributed by atoms with Crippen LogP contribution in [0.1, 0.15) is 30.6 Å². The maximum absolute atomic E-state index is 12.5. The number of aryl methyl sites for hydroxylation is 2. The highest BCUT2D eigenvalue weighted by atomic mass is 127. The number of fused-ring (bicyclic) bond motifs is 1. The van der Waals surface area contributed by atoms with Gasteiger partial charge in [-0.15, -0.1) is 24.0 Å². The number of nitrogens with one attached hydrogen (secondary N) is 2. The first-order valence-corrected chi connectivity index (χ1v) is 9.45. The minimum atomic E-state index is -4.41. The lowest BCUT2D eigenvalue weighted by molar-refractivity contribution is -0.137. The standard InChI is InChI=1S/C18H24F3N7O.HI/c1-3-14-26-15-6-5-13(11-28(15)27-14)25-17(22-2)23-8-9-29-16-7-4-12(10-24-16)18(19,20)21;/h4,7,10,13H,3,5-6,8-9,11H2,1-2H3,(H2,22,23,25);1H. The fourth-order valence-electron chi connectivity index (χ4n) is 2.97. The largest absolute Gasteiger partial charge is 0.476 e. The summed E-state index contributed by atoms with van der Waals surface area (Å²) < 4.78 is 44.9. The van der Waals surface area contributed by atoms with Gasteiger partial charge in [0.15, 0.2) is 11.8 Å². The average molecular weight is 539 g/mol. The maximum atomic E-state index is 12.5. The van der Waals surface area contributed by atoms with E-state index in [0.717, 1.165) is 49.7 Å². The minimum absolute atomic E-state index is 0. The van der Waals surface area contributed by atoms with Crippen molar-refractivity contribution in [3.05, 3.63) is 35.5 Å². The molecular formula is C18H25F3IN7O. The van der Waals surface area contributed by atoms with Crippen molar-refractivity contribution in [2.75, 3.05) is 20.2 Å². The van der Waals surface area contributed by atoms with Crippen molar-refractivity contribution in [1.82, 2.24) is 30.4 Å². The predicted octanol–water partition coefficient (Wildman–Crippen LogP) is 2.43. The van der Waals surface area contributed by atoms with E-state index in [9.17, 15) is 13.2 Å². The number of ether oxygens (including phenoxy) is 1. The molecule has 1 aliphatic heterocycles. The minimum Gasteiger partial charge on any atom is -0.476 e. The van der Waals surface area contributed by atoms with E-state index in [0.29, 0.717) is 12.5 Å². The summed E-state index contributed by atoms with van der Waals surface area (Å²) in [5.41, 5.74) is -0.804. The van der Waals surface area contributed by atoms with Crippen molar-refractivity contribution in [2.24, 2.45) is 4.99 Å². The fourth-order valence-corrected chi connectivity index (χ4v) is 2.97. The lowest BCUT2D eigenvalue weighted by atomic mass is 10.1. The van der Waals surface area contributed by atoms with Gasteiger partial charge in [-0.05, 0) is 12.5 Å². The molecule has 0 saturated heterocycles. The summed E-state index contributed by atoms with van der Waals surface area (Å²) in [4.78, 5) is 12.4. The van der Waals surface area contributed by atoms with Gasteiger partial charge < -0.3 is 15.4 Å². The summed E-state index contributed by atoms with van der Waals surface area (Å²) in [6, 6.07) is 2.33. The quantitative estimate of drug-likeness (QED) is 0.254. The summed E-state index contributed by atoms with van der Waals surface area (Å²) in [5.74, 6) is 2.64. The molecule has 2 aromatic rings. The van der Waals surface area contributed by atoms with Crippen LogP contribution >= 0.6 is 24.0 Å². The van der Waals surface area contributed by atoms with Crippen LogP contribution in [0.5, 0.6) is 5.88 Å². The van der Waals surface area contributed by atoms with E-state index in [2.05, 4.69) is 30.7 Å². The predicted molar refractivity (Wildman–Crippen MR) is 116 cm³/mol. The second kappa shape index (κ2) is 10.8. The van der Waals surface area contributed by atoms with Crippen molar-refractivity contribution in [3.63, 3.8) is 0 Å². The summed E-state index contributed by atoms with van der Waals surface area (Å²) in [5, 5.41) is 11.0. The Morgan fingerprint density at radius 2 is 2.17 bits per heavy atom. The van der Waals surface area contributed by atoms with Gasteiger partial charge in [0.1, 0.15) is 12.4 Å². The maximum Gasteiger partial charge on any atom is 0.417 e. The number of hydrogen-bond donors (Lipinski definition) is 2. The third kappa shape index (κ3) is 6.44. The molecule has 3 heterocycles. The molecule has 2 N–H and O–H groups in total. The van der Waals surface area contributed by atoms with Crippen LogP contribution in [0, 0.1) is 0 Å². The van der Waals surface area contributed by atoms with E-state index in [4.69, 9.17) is 4.74 Å². The van der Waals surface area contributed by atoms with Gasteiger partial charge in [-0.2, -0.15) is 18.3 Å². The average Bonchev–Trinajstić information content (AvgIpc) is 3.12. The first kappa shape index (κ1) is 24.2. The molecule has 1 atom stereocenters. The highest BCUT2D eigenvalue weighted by Crippen LogP contribution is 2.29. The molecule has 0 bridgehead atoms. The molecule has 30 heavy (non-hydrogen) atoms. The van der Waals surface area contributed by atoms with Gasteiger partial charge in [-0.25, -0.2) is 14.6 Å². The number of rotatable bonds is 6. The molecule has 3 rings (SSSR count). The van der Waals surface area contributed by atoms with E-state index in [-0.39, 0.29) is 42.5 Å². The van der Waals surface area contributed by atoms with Gasteiger partial charge in [0.2, 0.25) is 5.88 Å². The fraction of sp³-hybridized carbons (Fsp3) is 0.556. The number of guanidine groups is 1. The van der Waals surface area contributed by atoms with Crippen molar-refractivity contribution < 1.29 is 17.9 Å². The number of aromatic nitrogens is 4. The van der Waals surface area contributed by atoms with E-state index in [1.54, 1.807) is 7.05 Å². The highest BCUT2D eigenvalue weighted by Gasteiger charge is 2.30. The highest BCUT2D eigenvalue weighted by molar-refractivity contribution is 14.0. The third-order valence-electron chi connectivity index (χ3n) is 4.49. The third-order valence-corrected chi connectivity index (χ3v) is 4.49. The summed E-state index contributed by atoms with van der Waals surface area (Å²) in [6.45, 7) is 3.40. The molecule has 0 aliphatic carbocycles. The molecule has 12 heteroatoms. The molecular weight excluding hydrogens is 514 g/mol. The van der Waals surface area contributed by atoms with Gasteiger partial charge in [-0.3, -0.25) is 4.99 Å². The number of alkyl halides is 3. The molecule has 166 valence electrons. The van der Waals surface area contributed by atoms with E-state index in [1.165, 1.54) is 6.07 Å². The molecule has 8 nitrogen and oxygen atoms in total. The van der Waals surface area contributed by atoms with Crippen LogP contribution in [0.2, 0.25) is 0 Å². The van der Waals surface area contributed by atoms with Gasteiger partial charge in [-0.1, -0.05) is 6.92 Å². The normalized spacial score (nSPS) is 16.4. The Morgan fingerprint density at radius 3 is 2.80 bits per heavy atom. The van der Waals surface area contributed by atoms with Crippen LogP contribution in [0.15, 0.2) is 23.3 Å². The van der Waals surface area contributed by atoms with Crippen LogP contribution in [-0.2, 0) is 25.6 Å². The number of pyridine rings is 1. The van der Waals surface area contributed by atoms with Crippen molar-refractivity contribution >= 4 is 29.9 Å². The monoisotopic (exact) mass is 539 g/mol. The Bertz CT molecular complexity index is 839. The second-order valence-corrected chi connectivity index (χ2v) is 6.59. The van der Waals surface area contributed by atoms with Crippen LogP contribution in [0.4, 0.5) is 13.2 Å². The lowest BCUT2D eigenvalue weighted by Crippen LogP contribution is -2.47. The van der Waals surface area contributed by atoms with Gasteiger partial charge in [0, 0.05) is 38.2 Å². The van der Waals surface area contributed by atoms with E-state index in [1.807, 2.05) is 11.6 Å². The Balaban J connectivity index is 0.00000320. The molecule has 0 aromatic carbocycles. The molecule has 2 aromatic heterocycles. The van der Waals surface area contributed by atoms with Gasteiger partial charge >= 0.3 is 6.18 Å². The molecule has 0 spiro atoms. The second-order valence-electron chi connectivity index (χ2n) is 6.59. The summed E-state index contributed by atoms with van der Waals surface area (Å²) in [6.07, 6.45) is -1.06. The van der Waals surface area contributed by atoms with E-state index < -0.39 is 11.7 Å². The lowest BCUT2D eigenvalue weighted by Gasteiger charge is -2.25. The number of halogens is 4.